The number of likely N-dealkylation sites (tertiary alicyclic amines) is 1. The van der Waals surface area contributed by atoms with Gasteiger partial charge in [-0.2, -0.15) is 0 Å². The Kier molecular flexibility index (Phi) is 5.66. The summed E-state index contributed by atoms with van der Waals surface area (Å²) >= 11 is 0. The van der Waals surface area contributed by atoms with Crippen molar-refractivity contribution in [2.45, 2.75) is 58.1 Å². The summed E-state index contributed by atoms with van der Waals surface area (Å²) in [6.07, 6.45) is 5.17. The van der Waals surface area contributed by atoms with Crippen LogP contribution in [-0.4, -0.2) is 59.3 Å². The molecule has 2 aliphatic rings. The number of methoxy groups -OCH3 is 1. The maximum atomic E-state index is 12.9. The molecule has 2 heterocycles. The zero-order valence-electron chi connectivity index (χ0n) is 15.9. The van der Waals surface area contributed by atoms with E-state index in [4.69, 9.17) is 4.74 Å². The monoisotopic (exact) mass is 348 g/mol. The summed E-state index contributed by atoms with van der Waals surface area (Å²) in [7, 11) is 1.70. The van der Waals surface area contributed by atoms with E-state index in [9.17, 15) is 9.90 Å². The number of carbonyl (C=O) groups is 1. The van der Waals surface area contributed by atoms with Gasteiger partial charge in [0.05, 0.1) is 18.8 Å². The Morgan fingerprint density at radius 1 is 1.36 bits per heavy atom. The molecule has 2 fully saturated rings. The number of aromatic nitrogens is 1. The molecule has 2 atom stereocenters. The second-order valence-electron chi connectivity index (χ2n) is 7.88. The molecule has 1 aliphatic heterocycles. The van der Waals surface area contributed by atoms with Crippen molar-refractivity contribution in [3.05, 3.63) is 23.0 Å². The molecule has 0 amide bonds. The minimum atomic E-state index is -0.478. The van der Waals surface area contributed by atoms with Gasteiger partial charge < -0.3 is 14.4 Å². The summed E-state index contributed by atoms with van der Waals surface area (Å²) in [5.41, 5.74) is 2.50. The number of aryl methyl sites for hydroxylation is 1. The van der Waals surface area contributed by atoms with E-state index in [0.29, 0.717) is 19.1 Å². The largest absolute Gasteiger partial charge is 0.390 e. The molecular weight excluding hydrogens is 316 g/mol. The van der Waals surface area contributed by atoms with Crippen molar-refractivity contribution in [2.24, 2.45) is 5.92 Å². The number of nitrogens with zero attached hydrogens (tertiary/aromatic N) is 2. The summed E-state index contributed by atoms with van der Waals surface area (Å²) in [5.74, 6) is 0.523. The minimum Gasteiger partial charge on any atom is -0.390 e. The first kappa shape index (κ1) is 18.6. The third-order valence-electron chi connectivity index (χ3n) is 6.27. The Balaban J connectivity index is 1.65. The molecule has 0 bridgehead atoms. The number of piperidine rings is 1. The van der Waals surface area contributed by atoms with Crippen LogP contribution in [0.3, 0.4) is 0 Å². The Bertz CT molecular complexity index is 625. The molecule has 0 unspecified atom stereocenters. The molecule has 0 aromatic carbocycles. The third-order valence-corrected chi connectivity index (χ3v) is 6.27. The lowest BCUT2D eigenvalue weighted by molar-refractivity contribution is -0.0936. The number of carbonyl (C=O) groups excluding carboxylic acids is 1. The molecule has 0 radical (unpaired) electrons. The standard InChI is InChI=1S/C20H32N2O3/c1-15-12-18(16(2)22(15)10-11-25-3)19(23)14-21-9-8-20(24)7-5-4-6-17(20)13-21/h12,17,24H,4-11,13-14H2,1-3H3/t17-,20+/m1/s1. The first-order valence-corrected chi connectivity index (χ1v) is 9.58. The molecule has 5 heteroatoms. The highest BCUT2D eigenvalue weighted by Crippen LogP contribution is 2.39. The Labute approximate surface area is 151 Å². The van der Waals surface area contributed by atoms with Crippen molar-refractivity contribution >= 4 is 5.78 Å². The van der Waals surface area contributed by atoms with Gasteiger partial charge in [0.25, 0.3) is 0 Å². The third kappa shape index (κ3) is 3.83. The molecule has 0 spiro atoms. The average Bonchev–Trinajstić information content (AvgIpc) is 2.87. The van der Waals surface area contributed by atoms with E-state index in [2.05, 4.69) is 9.47 Å². The second-order valence-corrected chi connectivity index (χ2v) is 7.88. The van der Waals surface area contributed by atoms with Gasteiger partial charge in [0.15, 0.2) is 5.78 Å². The summed E-state index contributed by atoms with van der Waals surface area (Å²) in [4.78, 5) is 15.1. The zero-order chi connectivity index (χ0) is 18.0. The lowest BCUT2D eigenvalue weighted by atomic mass is 9.71. The summed E-state index contributed by atoms with van der Waals surface area (Å²) in [6, 6.07) is 2.01. The Morgan fingerprint density at radius 3 is 2.92 bits per heavy atom. The van der Waals surface area contributed by atoms with Crippen LogP contribution in [0.25, 0.3) is 0 Å². The Hall–Kier alpha value is -1.17. The summed E-state index contributed by atoms with van der Waals surface area (Å²) in [5, 5.41) is 10.8. The van der Waals surface area contributed by atoms with Crippen LogP contribution in [0.2, 0.25) is 0 Å². The van der Waals surface area contributed by atoms with Crippen molar-refractivity contribution in [1.29, 1.82) is 0 Å². The average molecular weight is 348 g/mol. The van der Waals surface area contributed by atoms with Crippen LogP contribution >= 0.6 is 0 Å². The van der Waals surface area contributed by atoms with Crippen LogP contribution in [0, 0.1) is 19.8 Å². The van der Waals surface area contributed by atoms with Gasteiger partial charge in [0.2, 0.25) is 0 Å². The van der Waals surface area contributed by atoms with Gasteiger partial charge in [-0.1, -0.05) is 12.8 Å². The molecule has 140 valence electrons. The molecule has 1 N–H and O–H groups in total. The molecule has 1 aromatic rings. The van der Waals surface area contributed by atoms with E-state index in [0.717, 1.165) is 62.3 Å². The van der Waals surface area contributed by atoms with E-state index < -0.39 is 5.60 Å². The van der Waals surface area contributed by atoms with Crippen LogP contribution in [0.15, 0.2) is 6.07 Å². The van der Waals surface area contributed by atoms with E-state index >= 15 is 0 Å². The number of hydrogen-bond donors (Lipinski definition) is 1. The SMILES string of the molecule is COCCn1c(C)cc(C(=O)CN2CC[C@@]3(O)CCCC[C@@H]3C2)c1C. The minimum absolute atomic E-state index is 0.193. The maximum Gasteiger partial charge on any atom is 0.178 e. The van der Waals surface area contributed by atoms with Crippen molar-refractivity contribution in [3.8, 4) is 0 Å². The highest BCUT2D eigenvalue weighted by atomic mass is 16.5. The molecule has 1 aromatic heterocycles. The van der Waals surface area contributed by atoms with Gasteiger partial charge in [0, 0.05) is 49.6 Å². The van der Waals surface area contributed by atoms with Crippen molar-refractivity contribution < 1.29 is 14.6 Å². The number of Topliss-reactive ketones (excluding diaryl/α,β-unsaturated/α-hetero) is 1. The first-order chi connectivity index (χ1) is 11.9. The fourth-order valence-electron chi connectivity index (χ4n) is 4.68. The quantitative estimate of drug-likeness (QED) is 0.803. The normalized spacial score (nSPS) is 27.3. The predicted molar refractivity (Wildman–Crippen MR) is 98.1 cm³/mol. The summed E-state index contributed by atoms with van der Waals surface area (Å²) < 4.78 is 7.33. The number of ether oxygens (including phenoxy) is 1. The topological polar surface area (TPSA) is 54.7 Å². The van der Waals surface area contributed by atoms with Crippen LogP contribution in [0.1, 0.15) is 53.8 Å². The summed E-state index contributed by atoms with van der Waals surface area (Å²) in [6.45, 7) is 7.62. The van der Waals surface area contributed by atoms with E-state index in [1.54, 1.807) is 7.11 Å². The van der Waals surface area contributed by atoms with E-state index in [1.165, 1.54) is 6.42 Å². The zero-order valence-corrected chi connectivity index (χ0v) is 15.9. The van der Waals surface area contributed by atoms with Gasteiger partial charge in [-0.05, 0) is 39.2 Å². The molecule has 1 saturated heterocycles. The van der Waals surface area contributed by atoms with Gasteiger partial charge >= 0.3 is 0 Å². The number of rotatable bonds is 6. The first-order valence-electron chi connectivity index (χ1n) is 9.58. The molecular formula is C20H32N2O3. The van der Waals surface area contributed by atoms with Gasteiger partial charge in [0.1, 0.15) is 0 Å². The highest BCUT2D eigenvalue weighted by molar-refractivity contribution is 5.99. The van der Waals surface area contributed by atoms with Crippen molar-refractivity contribution in [2.75, 3.05) is 33.4 Å². The predicted octanol–water partition coefficient (Wildman–Crippen LogP) is 2.56. The van der Waals surface area contributed by atoms with Gasteiger partial charge in [-0.3, -0.25) is 9.69 Å². The number of ketones is 1. The van der Waals surface area contributed by atoms with Crippen LogP contribution in [0.4, 0.5) is 0 Å². The highest BCUT2D eigenvalue weighted by Gasteiger charge is 2.42. The Morgan fingerprint density at radius 2 is 2.16 bits per heavy atom. The maximum absolute atomic E-state index is 12.9. The molecule has 25 heavy (non-hydrogen) atoms. The van der Waals surface area contributed by atoms with Crippen molar-refractivity contribution in [1.82, 2.24) is 9.47 Å². The van der Waals surface area contributed by atoms with Gasteiger partial charge in [-0.25, -0.2) is 0 Å². The van der Waals surface area contributed by atoms with E-state index in [-0.39, 0.29) is 5.78 Å². The fourth-order valence-corrected chi connectivity index (χ4v) is 4.68. The van der Waals surface area contributed by atoms with Gasteiger partial charge in [-0.15, -0.1) is 0 Å². The lowest BCUT2D eigenvalue weighted by Crippen LogP contribution is -2.54. The van der Waals surface area contributed by atoms with E-state index in [1.807, 2.05) is 19.9 Å². The number of hydrogen-bond acceptors (Lipinski definition) is 4. The molecule has 5 nitrogen and oxygen atoms in total. The molecule has 1 aliphatic carbocycles. The molecule has 3 rings (SSSR count). The van der Waals surface area contributed by atoms with Crippen LogP contribution < -0.4 is 0 Å². The number of fused-ring (bicyclic) bond motifs is 1. The number of aliphatic hydroxyl groups is 1. The lowest BCUT2D eigenvalue weighted by Gasteiger charge is -2.47. The van der Waals surface area contributed by atoms with Crippen molar-refractivity contribution in [3.63, 3.8) is 0 Å². The smallest absolute Gasteiger partial charge is 0.178 e. The van der Waals surface area contributed by atoms with Crippen LogP contribution in [0.5, 0.6) is 0 Å². The van der Waals surface area contributed by atoms with Crippen LogP contribution in [-0.2, 0) is 11.3 Å². The molecule has 1 saturated carbocycles. The second kappa shape index (κ2) is 7.60. The fraction of sp³-hybridized carbons (Fsp3) is 0.750.